The summed E-state index contributed by atoms with van der Waals surface area (Å²) in [4.78, 5) is 0. The zero-order valence-electron chi connectivity index (χ0n) is 9.77. The van der Waals surface area contributed by atoms with E-state index in [0.717, 1.165) is 5.56 Å². The molecule has 0 aliphatic heterocycles. The number of benzene rings is 2. The predicted octanol–water partition coefficient (Wildman–Crippen LogP) is 3.22. The minimum absolute atomic E-state index is 0.424. The van der Waals surface area contributed by atoms with E-state index in [-0.39, 0.29) is 0 Å². The number of nitrogens with two attached hydrogens (primary N) is 1. The summed E-state index contributed by atoms with van der Waals surface area (Å²) in [6, 6.07) is 18.5. The summed E-state index contributed by atoms with van der Waals surface area (Å²) < 4.78 is 0. The smallest absolute Gasteiger partial charge is 0.0639 e. The first-order valence-corrected chi connectivity index (χ1v) is 5.53. The van der Waals surface area contributed by atoms with Crippen LogP contribution < -0.4 is 5.73 Å². The van der Waals surface area contributed by atoms with Gasteiger partial charge < -0.3 is 5.73 Å². The molecule has 16 heavy (non-hydrogen) atoms. The lowest BCUT2D eigenvalue weighted by Gasteiger charge is -2.27. The van der Waals surface area contributed by atoms with Crippen molar-refractivity contribution in [3.8, 4) is 0 Å². The molecule has 0 spiro atoms. The second-order valence-electron chi connectivity index (χ2n) is 4.38. The maximum Gasteiger partial charge on any atom is 0.0639 e. The summed E-state index contributed by atoms with van der Waals surface area (Å²) in [7, 11) is 0. The maximum atomic E-state index is 6.46. The van der Waals surface area contributed by atoms with Gasteiger partial charge in [-0.3, -0.25) is 0 Å². The molecule has 1 atom stereocenters. The minimum atomic E-state index is -0.424. The van der Waals surface area contributed by atoms with Gasteiger partial charge in [0.25, 0.3) is 0 Å². The Morgan fingerprint density at radius 2 is 1.44 bits per heavy atom. The summed E-state index contributed by atoms with van der Waals surface area (Å²) in [5.41, 5.74) is 9.59. The second kappa shape index (κ2) is 4.11. The molecule has 0 saturated heterocycles. The van der Waals surface area contributed by atoms with Gasteiger partial charge in [0.05, 0.1) is 5.54 Å². The predicted molar refractivity (Wildman–Crippen MR) is 68.3 cm³/mol. The van der Waals surface area contributed by atoms with Crippen LogP contribution >= 0.6 is 0 Å². The van der Waals surface area contributed by atoms with E-state index >= 15 is 0 Å². The highest BCUT2D eigenvalue weighted by molar-refractivity contribution is 5.40. The molecule has 1 unspecified atom stereocenters. The van der Waals surface area contributed by atoms with Crippen LogP contribution in [0.3, 0.4) is 0 Å². The normalized spacial score (nSPS) is 14.4. The van der Waals surface area contributed by atoms with E-state index in [1.54, 1.807) is 0 Å². The molecule has 0 amide bonds. The first-order valence-electron chi connectivity index (χ1n) is 5.53. The molecule has 0 radical (unpaired) electrons. The third-order valence-corrected chi connectivity index (χ3v) is 3.08. The Balaban J connectivity index is 2.51. The number of rotatable bonds is 2. The van der Waals surface area contributed by atoms with Crippen molar-refractivity contribution < 1.29 is 0 Å². The van der Waals surface area contributed by atoms with Crippen LogP contribution in [0, 0.1) is 6.92 Å². The monoisotopic (exact) mass is 211 g/mol. The van der Waals surface area contributed by atoms with Crippen LogP contribution in [0.5, 0.6) is 0 Å². The summed E-state index contributed by atoms with van der Waals surface area (Å²) in [6.07, 6.45) is 0. The van der Waals surface area contributed by atoms with Crippen molar-refractivity contribution in [1.82, 2.24) is 0 Å². The van der Waals surface area contributed by atoms with Crippen LogP contribution in [0.15, 0.2) is 54.6 Å². The Labute approximate surface area is 96.9 Å². The molecule has 1 heteroatoms. The highest BCUT2D eigenvalue weighted by atomic mass is 14.7. The molecule has 2 rings (SSSR count). The van der Waals surface area contributed by atoms with E-state index in [2.05, 4.69) is 38.1 Å². The van der Waals surface area contributed by atoms with E-state index < -0.39 is 5.54 Å². The first-order chi connectivity index (χ1) is 7.62. The van der Waals surface area contributed by atoms with Gasteiger partial charge in [-0.2, -0.15) is 0 Å². The molecular weight excluding hydrogens is 194 g/mol. The van der Waals surface area contributed by atoms with E-state index in [4.69, 9.17) is 5.73 Å². The van der Waals surface area contributed by atoms with Crippen molar-refractivity contribution in [3.63, 3.8) is 0 Å². The lowest BCUT2D eigenvalue weighted by molar-refractivity contribution is 0.599. The van der Waals surface area contributed by atoms with Gasteiger partial charge in [0.15, 0.2) is 0 Å². The lowest BCUT2D eigenvalue weighted by atomic mass is 9.83. The van der Waals surface area contributed by atoms with Gasteiger partial charge in [0, 0.05) is 0 Å². The molecule has 1 nitrogen and oxygen atoms in total. The van der Waals surface area contributed by atoms with Crippen molar-refractivity contribution in [2.75, 3.05) is 0 Å². The molecule has 0 aromatic heterocycles. The van der Waals surface area contributed by atoms with Crippen LogP contribution in [0.1, 0.15) is 23.6 Å². The van der Waals surface area contributed by atoms with Crippen LogP contribution in [0.25, 0.3) is 0 Å². The van der Waals surface area contributed by atoms with Gasteiger partial charge in [-0.05, 0) is 30.5 Å². The highest BCUT2D eigenvalue weighted by Crippen LogP contribution is 2.28. The summed E-state index contributed by atoms with van der Waals surface area (Å²) in [5.74, 6) is 0. The van der Waals surface area contributed by atoms with Crippen molar-refractivity contribution in [3.05, 3.63) is 71.3 Å². The fourth-order valence-corrected chi connectivity index (χ4v) is 2.10. The Kier molecular flexibility index (Phi) is 2.80. The SMILES string of the molecule is Cc1ccccc1C(C)(N)c1ccccc1. The number of hydrogen-bond acceptors (Lipinski definition) is 1. The van der Waals surface area contributed by atoms with Gasteiger partial charge in [-0.25, -0.2) is 0 Å². The molecule has 0 fully saturated rings. The van der Waals surface area contributed by atoms with Crippen molar-refractivity contribution in [1.29, 1.82) is 0 Å². The summed E-state index contributed by atoms with van der Waals surface area (Å²) >= 11 is 0. The minimum Gasteiger partial charge on any atom is -0.318 e. The van der Waals surface area contributed by atoms with Crippen LogP contribution in [-0.2, 0) is 5.54 Å². The molecular formula is C15H17N. The summed E-state index contributed by atoms with van der Waals surface area (Å²) in [5, 5.41) is 0. The number of hydrogen-bond donors (Lipinski definition) is 1. The third-order valence-electron chi connectivity index (χ3n) is 3.08. The molecule has 0 aliphatic carbocycles. The van der Waals surface area contributed by atoms with E-state index in [0.29, 0.717) is 0 Å². The molecule has 0 aliphatic rings. The number of aryl methyl sites for hydroxylation is 1. The molecule has 2 aromatic rings. The quantitative estimate of drug-likeness (QED) is 0.811. The highest BCUT2D eigenvalue weighted by Gasteiger charge is 2.24. The van der Waals surface area contributed by atoms with Crippen molar-refractivity contribution >= 4 is 0 Å². The Hall–Kier alpha value is -1.60. The van der Waals surface area contributed by atoms with Crippen molar-refractivity contribution in [2.24, 2.45) is 5.73 Å². The van der Waals surface area contributed by atoms with Crippen LogP contribution in [0.2, 0.25) is 0 Å². The maximum absolute atomic E-state index is 6.46. The average molecular weight is 211 g/mol. The average Bonchev–Trinajstić information content (AvgIpc) is 2.30. The topological polar surface area (TPSA) is 26.0 Å². The van der Waals surface area contributed by atoms with Gasteiger partial charge >= 0.3 is 0 Å². The van der Waals surface area contributed by atoms with E-state index in [1.807, 2.05) is 30.3 Å². The van der Waals surface area contributed by atoms with Gasteiger partial charge in [0.2, 0.25) is 0 Å². The van der Waals surface area contributed by atoms with Gasteiger partial charge in [-0.15, -0.1) is 0 Å². The Bertz CT molecular complexity index is 472. The summed E-state index contributed by atoms with van der Waals surface area (Å²) in [6.45, 7) is 4.16. The molecule has 0 saturated carbocycles. The molecule has 0 bridgehead atoms. The lowest BCUT2D eigenvalue weighted by Crippen LogP contribution is -2.34. The Morgan fingerprint density at radius 1 is 0.875 bits per heavy atom. The van der Waals surface area contributed by atoms with E-state index in [9.17, 15) is 0 Å². The zero-order valence-corrected chi connectivity index (χ0v) is 9.77. The van der Waals surface area contributed by atoms with Crippen LogP contribution in [0.4, 0.5) is 0 Å². The first kappa shape index (κ1) is 10.9. The van der Waals surface area contributed by atoms with Crippen LogP contribution in [-0.4, -0.2) is 0 Å². The molecule has 2 aromatic carbocycles. The Morgan fingerprint density at radius 3 is 2.06 bits per heavy atom. The largest absolute Gasteiger partial charge is 0.318 e. The van der Waals surface area contributed by atoms with E-state index in [1.165, 1.54) is 11.1 Å². The van der Waals surface area contributed by atoms with Gasteiger partial charge in [0.1, 0.15) is 0 Å². The third kappa shape index (κ3) is 1.86. The van der Waals surface area contributed by atoms with Gasteiger partial charge in [-0.1, -0.05) is 54.6 Å². The molecule has 82 valence electrons. The van der Waals surface area contributed by atoms with Crippen molar-refractivity contribution in [2.45, 2.75) is 19.4 Å². The zero-order chi connectivity index (χ0) is 11.6. The standard InChI is InChI=1S/C15H17N/c1-12-8-6-7-11-14(12)15(2,16)13-9-4-3-5-10-13/h3-11H,16H2,1-2H3. The fraction of sp³-hybridized carbons (Fsp3) is 0.200. The molecule has 2 N–H and O–H groups in total. The second-order valence-corrected chi connectivity index (χ2v) is 4.38. The fourth-order valence-electron chi connectivity index (χ4n) is 2.10. The molecule has 0 heterocycles.